The van der Waals surface area contributed by atoms with Crippen molar-refractivity contribution in [1.82, 2.24) is 9.78 Å². The Bertz CT molecular complexity index is 305. The van der Waals surface area contributed by atoms with E-state index < -0.39 is 0 Å². The van der Waals surface area contributed by atoms with Crippen LogP contribution in [0.15, 0.2) is 12.4 Å². The molecule has 0 amide bonds. The van der Waals surface area contributed by atoms with Gasteiger partial charge in [0.05, 0.1) is 11.7 Å². The molecule has 1 aromatic rings. The third kappa shape index (κ3) is 0.904. The van der Waals surface area contributed by atoms with Crippen LogP contribution in [-0.2, 0) is 5.54 Å². The van der Waals surface area contributed by atoms with Gasteiger partial charge in [0.25, 0.3) is 0 Å². The van der Waals surface area contributed by atoms with Gasteiger partial charge in [0.1, 0.15) is 0 Å². The summed E-state index contributed by atoms with van der Waals surface area (Å²) in [7, 11) is 0. The Morgan fingerprint density at radius 3 is 2.83 bits per heavy atom. The molecule has 2 aliphatic carbocycles. The first-order valence-electron chi connectivity index (χ1n) is 4.83. The van der Waals surface area contributed by atoms with Crippen LogP contribution < -0.4 is 0 Å². The Morgan fingerprint density at radius 2 is 2.25 bits per heavy atom. The third-order valence-corrected chi connectivity index (χ3v) is 3.18. The van der Waals surface area contributed by atoms with Crippen LogP contribution in [0.3, 0.4) is 0 Å². The van der Waals surface area contributed by atoms with Crippen molar-refractivity contribution in [2.45, 2.75) is 44.1 Å². The van der Waals surface area contributed by atoms with Crippen LogP contribution in [0, 0.1) is 0 Å². The number of hydrogen-bond donors (Lipinski definition) is 0. The zero-order valence-electron chi connectivity index (χ0n) is 7.45. The predicted octanol–water partition coefficient (Wildman–Crippen LogP) is 2.27. The molecule has 0 N–H and O–H groups in total. The Hall–Kier alpha value is -0.790. The highest BCUT2D eigenvalue weighted by Gasteiger charge is 2.40. The van der Waals surface area contributed by atoms with Crippen molar-refractivity contribution in [3.63, 3.8) is 0 Å². The lowest BCUT2D eigenvalue weighted by molar-refractivity contribution is 0.472. The average molecular weight is 162 g/mol. The second-order valence-corrected chi connectivity index (χ2v) is 4.49. The predicted molar refractivity (Wildman–Crippen MR) is 47.1 cm³/mol. The topological polar surface area (TPSA) is 17.8 Å². The molecule has 2 nitrogen and oxygen atoms in total. The molecule has 64 valence electrons. The molecule has 12 heavy (non-hydrogen) atoms. The van der Waals surface area contributed by atoms with E-state index in [1.165, 1.54) is 31.2 Å². The third-order valence-electron chi connectivity index (χ3n) is 3.18. The second kappa shape index (κ2) is 1.93. The summed E-state index contributed by atoms with van der Waals surface area (Å²) < 4.78 is 2.17. The van der Waals surface area contributed by atoms with Crippen molar-refractivity contribution in [3.8, 4) is 0 Å². The molecule has 0 bridgehead atoms. The molecule has 0 aromatic carbocycles. The highest BCUT2D eigenvalue weighted by atomic mass is 15.3. The maximum atomic E-state index is 4.43. The highest BCUT2D eigenvalue weighted by molar-refractivity contribution is 5.18. The van der Waals surface area contributed by atoms with Crippen LogP contribution in [0.5, 0.6) is 0 Å². The summed E-state index contributed by atoms with van der Waals surface area (Å²) >= 11 is 0. The molecular weight excluding hydrogens is 148 g/mol. The van der Waals surface area contributed by atoms with Crippen LogP contribution >= 0.6 is 0 Å². The fourth-order valence-electron chi connectivity index (χ4n) is 1.67. The van der Waals surface area contributed by atoms with Gasteiger partial charge in [-0.05, 0) is 44.1 Å². The van der Waals surface area contributed by atoms with Crippen molar-refractivity contribution in [2.24, 2.45) is 0 Å². The summed E-state index contributed by atoms with van der Waals surface area (Å²) in [6.45, 7) is 2.29. The fraction of sp³-hybridized carbons (Fsp3) is 0.700. The van der Waals surface area contributed by atoms with Crippen LogP contribution in [-0.4, -0.2) is 9.78 Å². The zero-order chi connectivity index (χ0) is 8.18. The van der Waals surface area contributed by atoms with Gasteiger partial charge in [0, 0.05) is 6.20 Å². The van der Waals surface area contributed by atoms with Crippen molar-refractivity contribution in [3.05, 3.63) is 18.0 Å². The number of aromatic nitrogens is 2. The van der Waals surface area contributed by atoms with E-state index >= 15 is 0 Å². The minimum atomic E-state index is 0.382. The molecule has 2 fully saturated rings. The standard InChI is InChI=1S/C10H14N2/c1-10(4-5-10)12-7-9(6-11-12)8-2-3-8/h6-8H,2-5H2,1H3. The smallest absolute Gasteiger partial charge is 0.0601 e. The monoisotopic (exact) mass is 162 g/mol. The molecule has 0 radical (unpaired) electrons. The van der Waals surface area contributed by atoms with Gasteiger partial charge in [0.2, 0.25) is 0 Å². The van der Waals surface area contributed by atoms with Gasteiger partial charge in [-0.25, -0.2) is 0 Å². The maximum Gasteiger partial charge on any atom is 0.0601 e. The lowest BCUT2D eigenvalue weighted by Gasteiger charge is -2.07. The quantitative estimate of drug-likeness (QED) is 0.652. The van der Waals surface area contributed by atoms with Crippen molar-refractivity contribution >= 4 is 0 Å². The van der Waals surface area contributed by atoms with Crippen LogP contribution in [0.25, 0.3) is 0 Å². The molecular formula is C10H14N2. The SMILES string of the molecule is CC1(n2cc(C3CC3)cn2)CC1. The van der Waals surface area contributed by atoms with Crippen molar-refractivity contribution in [1.29, 1.82) is 0 Å². The molecule has 2 saturated carbocycles. The Balaban J connectivity index is 1.91. The molecule has 0 unspecified atom stereocenters. The van der Waals surface area contributed by atoms with E-state index in [1.54, 1.807) is 0 Å². The van der Waals surface area contributed by atoms with Crippen LogP contribution in [0.2, 0.25) is 0 Å². The summed E-state index contributed by atoms with van der Waals surface area (Å²) in [5, 5.41) is 4.43. The highest BCUT2D eigenvalue weighted by Crippen LogP contribution is 2.45. The Kier molecular flexibility index (Phi) is 1.07. The van der Waals surface area contributed by atoms with Gasteiger partial charge in [-0.3, -0.25) is 4.68 Å². The van der Waals surface area contributed by atoms with E-state index in [9.17, 15) is 0 Å². The molecule has 3 rings (SSSR count). The van der Waals surface area contributed by atoms with E-state index in [2.05, 4.69) is 29.1 Å². The average Bonchev–Trinajstić information content (AvgIpc) is 2.97. The minimum absolute atomic E-state index is 0.382. The molecule has 0 atom stereocenters. The number of hydrogen-bond acceptors (Lipinski definition) is 1. The lowest BCUT2D eigenvalue weighted by atomic mass is 10.2. The largest absolute Gasteiger partial charge is 0.267 e. The molecule has 0 aliphatic heterocycles. The van der Waals surface area contributed by atoms with Crippen molar-refractivity contribution < 1.29 is 0 Å². The van der Waals surface area contributed by atoms with Gasteiger partial charge >= 0.3 is 0 Å². The van der Waals surface area contributed by atoms with Crippen molar-refractivity contribution in [2.75, 3.05) is 0 Å². The van der Waals surface area contributed by atoms with E-state index in [1.807, 2.05) is 0 Å². The minimum Gasteiger partial charge on any atom is -0.267 e. The first kappa shape index (κ1) is 6.70. The van der Waals surface area contributed by atoms with Gasteiger partial charge in [-0.15, -0.1) is 0 Å². The molecule has 0 saturated heterocycles. The van der Waals surface area contributed by atoms with Gasteiger partial charge in [-0.1, -0.05) is 0 Å². The van der Waals surface area contributed by atoms with Gasteiger partial charge < -0.3 is 0 Å². The summed E-state index contributed by atoms with van der Waals surface area (Å²) in [6.07, 6.45) is 9.67. The lowest BCUT2D eigenvalue weighted by Crippen LogP contribution is -2.12. The van der Waals surface area contributed by atoms with Crippen LogP contribution in [0.4, 0.5) is 0 Å². The van der Waals surface area contributed by atoms with E-state index in [0.29, 0.717) is 5.54 Å². The summed E-state index contributed by atoms with van der Waals surface area (Å²) in [5.74, 6) is 0.848. The summed E-state index contributed by atoms with van der Waals surface area (Å²) in [6, 6.07) is 0. The molecule has 0 spiro atoms. The zero-order valence-corrected chi connectivity index (χ0v) is 7.45. The number of rotatable bonds is 2. The van der Waals surface area contributed by atoms with E-state index in [4.69, 9.17) is 0 Å². The van der Waals surface area contributed by atoms with Gasteiger partial charge in [0.15, 0.2) is 0 Å². The van der Waals surface area contributed by atoms with Gasteiger partial charge in [-0.2, -0.15) is 5.10 Å². The Morgan fingerprint density at radius 1 is 1.50 bits per heavy atom. The maximum absolute atomic E-state index is 4.43. The second-order valence-electron chi connectivity index (χ2n) is 4.49. The van der Waals surface area contributed by atoms with Crippen LogP contribution in [0.1, 0.15) is 44.1 Å². The first-order chi connectivity index (χ1) is 5.78. The van der Waals surface area contributed by atoms with E-state index in [0.717, 1.165) is 5.92 Å². The molecule has 2 aliphatic rings. The fourth-order valence-corrected chi connectivity index (χ4v) is 1.67. The number of nitrogens with zero attached hydrogens (tertiary/aromatic N) is 2. The van der Waals surface area contributed by atoms with E-state index in [-0.39, 0.29) is 0 Å². The molecule has 1 heterocycles. The molecule has 1 aromatic heterocycles. The normalized spacial score (nSPS) is 25.8. The first-order valence-corrected chi connectivity index (χ1v) is 4.83. The molecule has 2 heteroatoms. The Labute approximate surface area is 72.6 Å². The summed E-state index contributed by atoms with van der Waals surface area (Å²) in [5.41, 5.74) is 1.84. The summed E-state index contributed by atoms with van der Waals surface area (Å²) in [4.78, 5) is 0.